The maximum atomic E-state index is 12.1. The summed E-state index contributed by atoms with van der Waals surface area (Å²) in [5.74, 6) is -0.353. The highest BCUT2D eigenvalue weighted by atomic mass is 16.5. The van der Waals surface area contributed by atoms with E-state index in [1.165, 1.54) is 5.56 Å². The van der Waals surface area contributed by atoms with E-state index in [0.29, 0.717) is 18.8 Å². The predicted molar refractivity (Wildman–Crippen MR) is 79.0 cm³/mol. The van der Waals surface area contributed by atoms with Crippen LogP contribution in [0.5, 0.6) is 0 Å². The minimum atomic E-state index is -0.353. The van der Waals surface area contributed by atoms with Gasteiger partial charge in [0.05, 0.1) is 18.8 Å². The Labute approximate surface area is 123 Å². The van der Waals surface area contributed by atoms with Crippen molar-refractivity contribution in [3.8, 4) is 11.3 Å². The number of nitrogens with zero attached hydrogens (tertiary/aromatic N) is 3. The highest BCUT2D eigenvalue weighted by Gasteiger charge is 2.28. The van der Waals surface area contributed by atoms with Gasteiger partial charge in [-0.15, -0.1) is 6.58 Å². The molecule has 2 aromatic heterocycles. The Morgan fingerprint density at radius 1 is 1.52 bits per heavy atom. The number of rotatable bonds is 4. The van der Waals surface area contributed by atoms with Crippen molar-refractivity contribution in [3.05, 3.63) is 47.9 Å². The third-order valence-electron chi connectivity index (χ3n) is 3.62. The number of esters is 1. The first kappa shape index (κ1) is 13.5. The van der Waals surface area contributed by atoms with Crippen LogP contribution in [-0.2, 0) is 24.1 Å². The number of fused-ring (bicyclic) bond motifs is 3. The molecule has 108 valence electrons. The minimum Gasteiger partial charge on any atom is -0.461 e. The van der Waals surface area contributed by atoms with Gasteiger partial charge in [-0.05, 0) is 31.4 Å². The number of carbonyl (C=O) groups is 1. The van der Waals surface area contributed by atoms with E-state index in [-0.39, 0.29) is 5.97 Å². The van der Waals surface area contributed by atoms with Crippen molar-refractivity contribution < 1.29 is 9.53 Å². The average Bonchev–Trinajstić information content (AvgIpc) is 2.87. The molecule has 0 fully saturated rings. The van der Waals surface area contributed by atoms with Gasteiger partial charge in [0.25, 0.3) is 0 Å². The molecule has 0 saturated carbocycles. The van der Waals surface area contributed by atoms with Gasteiger partial charge in [0.1, 0.15) is 0 Å². The van der Waals surface area contributed by atoms with E-state index >= 15 is 0 Å². The molecular formula is C16H17N3O2. The van der Waals surface area contributed by atoms with Crippen molar-refractivity contribution in [2.24, 2.45) is 0 Å². The zero-order valence-electron chi connectivity index (χ0n) is 12.0. The van der Waals surface area contributed by atoms with Gasteiger partial charge in [0.15, 0.2) is 5.69 Å². The summed E-state index contributed by atoms with van der Waals surface area (Å²) in [6, 6.07) is 1.98. The van der Waals surface area contributed by atoms with Crippen molar-refractivity contribution in [2.75, 3.05) is 6.61 Å². The van der Waals surface area contributed by atoms with Crippen molar-refractivity contribution >= 4 is 5.97 Å². The molecule has 0 N–H and O–H groups in total. The summed E-state index contributed by atoms with van der Waals surface area (Å²) in [5.41, 5.74) is 4.66. The lowest BCUT2D eigenvalue weighted by Gasteiger charge is -2.17. The number of allylic oxidation sites excluding steroid dienone is 1. The number of ether oxygens (including phenoxy) is 1. The Morgan fingerprint density at radius 3 is 3.14 bits per heavy atom. The first-order valence-corrected chi connectivity index (χ1v) is 7.07. The molecule has 5 nitrogen and oxygen atoms in total. The van der Waals surface area contributed by atoms with Gasteiger partial charge in [0, 0.05) is 23.5 Å². The van der Waals surface area contributed by atoms with E-state index in [9.17, 15) is 4.79 Å². The Hall–Kier alpha value is -2.43. The van der Waals surface area contributed by atoms with Gasteiger partial charge in [0.2, 0.25) is 0 Å². The highest BCUT2D eigenvalue weighted by molar-refractivity contribution is 5.92. The summed E-state index contributed by atoms with van der Waals surface area (Å²) in [6.45, 7) is 6.47. The van der Waals surface area contributed by atoms with Crippen molar-refractivity contribution in [2.45, 2.75) is 26.3 Å². The lowest BCUT2D eigenvalue weighted by molar-refractivity contribution is 0.0517. The second kappa shape index (κ2) is 5.52. The molecule has 2 aromatic rings. The van der Waals surface area contributed by atoms with E-state index in [2.05, 4.69) is 16.7 Å². The van der Waals surface area contributed by atoms with Crippen molar-refractivity contribution in [1.82, 2.24) is 14.8 Å². The highest BCUT2D eigenvalue weighted by Crippen LogP contribution is 2.35. The standard InChI is InChI=1S/C16H17N3O2/c1-3-9-19-15-12-7-8-17-10-11(12)5-6-13(15)14(18-19)16(20)21-4-2/h3,7-8,10H,1,4-6,9H2,2H3. The van der Waals surface area contributed by atoms with Crippen LogP contribution in [0.1, 0.15) is 28.5 Å². The number of hydrogen-bond acceptors (Lipinski definition) is 4. The monoisotopic (exact) mass is 283 g/mol. The van der Waals surface area contributed by atoms with Crippen LogP contribution in [0.3, 0.4) is 0 Å². The van der Waals surface area contributed by atoms with E-state index < -0.39 is 0 Å². The smallest absolute Gasteiger partial charge is 0.359 e. The molecule has 2 heterocycles. The van der Waals surface area contributed by atoms with E-state index in [1.54, 1.807) is 19.2 Å². The summed E-state index contributed by atoms with van der Waals surface area (Å²) in [7, 11) is 0. The zero-order valence-corrected chi connectivity index (χ0v) is 12.0. The maximum Gasteiger partial charge on any atom is 0.359 e. The molecule has 1 aliphatic rings. The summed E-state index contributed by atoms with van der Waals surface area (Å²) in [6.07, 6.45) is 7.07. The largest absolute Gasteiger partial charge is 0.461 e. The molecule has 0 unspecified atom stereocenters. The van der Waals surface area contributed by atoms with Crippen LogP contribution >= 0.6 is 0 Å². The van der Waals surface area contributed by atoms with Gasteiger partial charge >= 0.3 is 5.97 Å². The third-order valence-corrected chi connectivity index (χ3v) is 3.62. The fourth-order valence-corrected chi connectivity index (χ4v) is 2.77. The molecule has 1 aliphatic carbocycles. The summed E-state index contributed by atoms with van der Waals surface area (Å²) in [4.78, 5) is 16.3. The molecule has 5 heteroatoms. The molecule has 0 aliphatic heterocycles. The number of aromatic nitrogens is 3. The topological polar surface area (TPSA) is 57.0 Å². The number of aryl methyl sites for hydroxylation is 1. The summed E-state index contributed by atoms with van der Waals surface area (Å²) in [5, 5.41) is 4.45. The summed E-state index contributed by atoms with van der Waals surface area (Å²) < 4.78 is 6.95. The molecule has 0 spiro atoms. The SMILES string of the molecule is C=CCn1nc(C(=O)OCC)c2c1-c1ccncc1CC2. The van der Waals surface area contributed by atoms with E-state index in [1.807, 2.05) is 16.9 Å². The number of carbonyl (C=O) groups excluding carboxylic acids is 1. The first-order valence-electron chi connectivity index (χ1n) is 7.07. The Bertz CT molecular complexity index is 704. The van der Waals surface area contributed by atoms with E-state index in [4.69, 9.17) is 4.74 Å². The fourth-order valence-electron chi connectivity index (χ4n) is 2.77. The van der Waals surface area contributed by atoms with Crippen LogP contribution < -0.4 is 0 Å². The fraction of sp³-hybridized carbons (Fsp3) is 0.312. The Morgan fingerprint density at radius 2 is 2.38 bits per heavy atom. The van der Waals surface area contributed by atoms with E-state index in [0.717, 1.165) is 29.7 Å². The minimum absolute atomic E-state index is 0.350. The first-order chi connectivity index (χ1) is 10.3. The average molecular weight is 283 g/mol. The van der Waals surface area contributed by atoms with Crippen molar-refractivity contribution in [1.29, 1.82) is 0 Å². The Kier molecular flexibility index (Phi) is 3.56. The molecule has 21 heavy (non-hydrogen) atoms. The van der Waals surface area contributed by atoms with Gasteiger partial charge in [-0.1, -0.05) is 6.08 Å². The zero-order chi connectivity index (χ0) is 14.8. The molecule has 0 radical (unpaired) electrons. The molecule has 0 bridgehead atoms. The number of hydrogen-bond donors (Lipinski definition) is 0. The van der Waals surface area contributed by atoms with Gasteiger partial charge in [-0.2, -0.15) is 5.10 Å². The maximum absolute atomic E-state index is 12.1. The lowest BCUT2D eigenvalue weighted by Crippen LogP contribution is -2.11. The van der Waals surface area contributed by atoms with Crippen LogP contribution in [0.15, 0.2) is 31.1 Å². The molecular weight excluding hydrogens is 266 g/mol. The van der Waals surface area contributed by atoms with Gasteiger partial charge < -0.3 is 4.74 Å². The predicted octanol–water partition coefficient (Wildman–Crippen LogP) is 2.41. The molecule has 0 saturated heterocycles. The molecule has 0 aromatic carbocycles. The second-order valence-electron chi connectivity index (χ2n) is 4.90. The normalized spacial score (nSPS) is 12.4. The molecule has 3 rings (SSSR count). The molecule has 0 amide bonds. The lowest BCUT2D eigenvalue weighted by atomic mass is 9.90. The van der Waals surface area contributed by atoms with Gasteiger partial charge in [-0.25, -0.2) is 4.79 Å². The van der Waals surface area contributed by atoms with Crippen molar-refractivity contribution in [3.63, 3.8) is 0 Å². The number of pyridine rings is 1. The third kappa shape index (κ3) is 2.24. The van der Waals surface area contributed by atoms with Crippen LogP contribution in [0.25, 0.3) is 11.3 Å². The van der Waals surface area contributed by atoms with Crippen LogP contribution in [0, 0.1) is 0 Å². The Balaban J connectivity index is 2.17. The summed E-state index contributed by atoms with van der Waals surface area (Å²) >= 11 is 0. The van der Waals surface area contributed by atoms with Crippen LogP contribution in [-0.4, -0.2) is 27.3 Å². The quantitative estimate of drug-likeness (QED) is 0.638. The van der Waals surface area contributed by atoms with Crippen LogP contribution in [0.4, 0.5) is 0 Å². The second-order valence-corrected chi connectivity index (χ2v) is 4.90. The van der Waals surface area contributed by atoms with Gasteiger partial charge in [-0.3, -0.25) is 9.67 Å². The molecule has 0 atom stereocenters. The van der Waals surface area contributed by atoms with Crippen LogP contribution in [0.2, 0.25) is 0 Å².